The van der Waals surface area contributed by atoms with Crippen LogP contribution >= 0.6 is 0 Å². The maximum Gasteiger partial charge on any atom is 0.318 e. The molecular weight excluding hydrogens is 440 g/mol. The van der Waals surface area contributed by atoms with Gasteiger partial charge in [0.05, 0.1) is 49.0 Å². The van der Waals surface area contributed by atoms with Crippen molar-refractivity contribution in [3.63, 3.8) is 0 Å². The molecule has 31 heavy (non-hydrogen) atoms. The average Bonchev–Trinajstić information content (AvgIpc) is 2.72. The SMILES string of the molecule is COc1ccc(S(=O)(=O)NN=Cc2cc([N+](=O)[O-])cc([N+](=O)[O-])c2O)c(OC)c1OC. The summed E-state index contributed by atoms with van der Waals surface area (Å²) in [5.41, 5.74) is -2.10. The Labute approximate surface area is 175 Å². The highest BCUT2D eigenvalue weighted by Crippen LogP contribution is 2.41. The number of hydrogen-bond acceptors (Lipinski definition) is 11. The summed E-state index contributed by atoms with van der Waals surface area (Å²) in [6.07, 6.45) is 0.681. The summed E-state index contributed by atoms with van der Waals surface area (Å²) in [5, 5.41) is 35.3. The second-order valence-electron chi connectivity index (χ2n) is 5.60. The summed E-state index contributed by atoms with van der Waals surface area (Å²) in [4.78, 5) is 21.4. The molecule has 14 nitrogen and oxygen atoms in total. The summed E-state index contributed by atoms with van der Waals surface area (Å²) >= 11 is 0. The van der Waals surface area contributed by atoms with Crippen molar-refractivity contribution in [2.75, 3.05) is 21.3 Å². The van der Waals surface area contributed by atoms with Gasteiger partial charge in [0.2, 0.25) is 11.5 Å². The van der Waals surface area contributed by atoms with Gasteiger partial charge < -0.3 is 19.3 Å². The molecular formula is C16H16N4O10S. The number of nitrogens with zero attached hydrogens (tertiary/aromatic N) is 3. The highest BCUT2D eigenvalue weighted by atomic mass is 32.2. The van der Waals surface area contributed by atoms with Gasteiger partial charge in [-0.1, -0.05) is 0 Å². The summed E-state index contributed by atoms with van der Waals surface area (Å²) < 4.78 is 40.5. The van der Waals surface area contributed by atoms with E-state index in [4.69, 9.17) is 14.2 Å². The van der Waals surface area contributed by atoms with Crippen molar-refractivity contribution < 1.29 is 37.6 Å². The van der Waals surface area contributed by atoms with Gasteiger partial charge in [0, 0.05) is 6.07 Å². The summed E-state index contributed by atoms with van der Waals surface area (Å²) in [5.74, 6) is -0.903. The monoisotopic (exact) mass is 456 g/mol. The minimum absolute atomic E-state index is 0.00353. The van der Waals surface area contributed by atoms with Crippen molar-refractivity contribution in [3.05, 3.63) is 50.1 Å². The predicted molar refractivity (Wildman–Crippen MR) is 105 cm³/mol. The van der Waals surface area contributed by atoms with Gasteiger partial charge in [-0.25, -0.2) is 0 Å². The highest BCUT2D eigenvalue weighted by Gasteiger charge is 2.26. The van der Waals surface area contributed by atoms with Crippen LogP contribution < -0.4 is 19.0 Å². The molecule has 2 aromatic rings. The Morgan fingerprint density at radius 2 is 1.68 bits per heavy atom. The van der Waals surface area contributed by atoms with Gasteiger partial charge in [0.25, 0.3) is 15.7 Å². The third-order valence-electron chi connectivity index (χ3n) is 3.85. The van der Waals surface area contributed by atoms with E-state index in [1.807, 2.05) is 4.83 Å². The van der Waals surface area contributed by atoms with Gasteiger partial charge in [-0.15, -0.1) is 0 Å². The second kappa shape index (κ2) is 9.12. The first kappa shape index (κ1) is 23.1. The minimum Gasteiger partial charge on any atom is -0.502 e. The number of nitrogens with one attached hydrogen (secondary N) is 1. The van der Waals surface area contributed by atoms with E-state index < -0.39 is 42.6 Å². The minimum atomic E-state index is -4.35. The average molecular weight is 456 g/mol. The maximum atomic E-state index is 12.6. The van der Waals surface area contributed by atoms with Crippen LogP contribution in [0.1, 0.15) is 5.56 Å². The number of nitro groups is 2. The van der Waals surface area contributed by atoms with E-state index in [-0.39, 0.29) is 22.1 Å². The number of aromatic hydroxyl groups is 1. The lowest BCUT2D eigenvalue weighted by atomic mass is 10.1. The zero-order valence-corrected chi connectivity index (χ0v) is 17.1. The highest BCUT2D eigenvalue weighted by molar-refractivity contribution is 7.89. The molecule has 0 spiro atoms. The molecule has 0 aliphatic carbocycles. The van der Waals surface area contributed by atoms with Crippen LogP contribution in [0.15, 0.2) is 34.3 Å². The lowest BCUT2D eigenvalue weighted by Gasteiger charge is -2.15. The number of rotatable bonds is 9. The number of nitro benzene ring substituents is 2. The van der Waals surface area contributed by atoms with E-state index in [1.54, 1.807) is 0 Å². The van der Waals surface area contributed by atoms with Gasteiger partial charge in [0.1, 0.15) is 4.90 Å². The Balaban J connectivity index is 2.45. The summed E-state index contributed by atoms with van der Waals surface area (Å²) in [6, 6.07) is 3.82. The van der Waals surface area contributed by atoms with E-state index in [0.29, 0.717) is 12.3 Å². The molecule has 2 rings (SSSR count). The van der Waals surface area contributed by atoms with Crippen molar-refractivity contribution >= 4 is 27.6 Å². The third kappa shape index (κ3) is 4.72. The fourth-order valence-electron chi connectivity index (χ4n) is 2.47. The Bertz CT molecular complexity index is 1160. The molecule has 166 valence electrons. The molecule has 0 radical (unpaired) electrons. The zero-order chi connectivity index (χ0) is 23.3. The molecule has 0 aliphatic rings. The summed E-state index contributed by atoms with van der Waals surface area (Å²) in [6.45, 7) is 0. The molecule has 0 bridgehead atoms. The molecule has 0 unspecified atom stereocenters. The van der Waals surface area contributed by atoms with Crippen molar-refractivity contribution in [1.82, 2.24) is 4.83 Å². The van der Waals surface area contributed by atoms with E-state index in [2.05, 4.69) is 5.10 Å². The van der Waals surface area contributed by atoms with Crippen molar-refractivity contribution in [2.24, 2.45) is 5.10 Å². The van der Waals surface area contributed by atoms with Crippen LogP contribution in [0.3, 0.4) is 0 Å². The second-order valence-corrected chi connectivity index (χ2v) is 7.23. The van der Waals surface area contributed by atoms with Gasteiger partial charge in [-0.05, 0) is 12.1 Å². The van der Waals surface area contributed by atoms with Crippen LogP contribution in [-0.4, -0.2) is 50.9 Å². The van der Waals surface area contributed by atoms with Gasteiger partial charge >= 0.3 is 5.69 Å². The van der Waals surface area contributed by atoms with Crippen LogP contribution in [0.2, 0.25) is 0 Å². The van der Waals surface area contributed by atoms with Crippen LogP contribution in [0.25, 0.3) is 0 Å². The number of benzene rings is 2. The smallest absolute Gasteiger partial charge is 0.318 e. The quantitative estimate of drug-likeness (QED) is 0.317. The number of phenols is 1. The number of methoxy groups -OCH3 is 3. The Hall–Kier alpha value is -4.14. The molecule has 2 N–H and O–H groups in total. The van der Waals surface area contributed by atoms with Crippen molar-refractivity contribution in [3.8, 4) is 23.0 Å². The number of phenolic OH excluding ortho intramolecular Hbond substituents is 1. The van der Waals surface area contributed by atoms with Crippen molar-refractivity contribution in [1.29, 1.82) is 0 Å². The first-order chi connectivity index (χ1) is 14.6. The molecule has 0 aromatic heterocycles. The van der Waals surface area contributed by atoms with Crippen LogP contribution in [0.5, 0.6) is 23.0 Å². The molecule has 0 aliphatic heterocycles. The molecule has 0 saturated heterocycles. The van der Waals surface area contributed by atoms with E-state index in [1.165, 1.54) is 27.4 Å². The van der Waals surface area contributed by atoms with E-state index >= 15 is 0 Å². The largest absolute Gasteiger partial charge is 0.502 e. The number of ether oxygens (including phenoxy) is 3. The van der Waals surface area contributed by atoms with Crippen molar-refractivity contribution in [2.45, 2.75) is 4.90 Å². The lowest BCUT2D eigenvalue weighted by Crippen LogP contribution is -2.19. The van der Waals surface area contributed by atoms with Crippen LogP contribution in [0, 0.1) is 20.2 Å². The van der Waals surface area contributed by atoms with E-state index in [9.17, 15) is 33.8 Å². The fraction of sp³-hybridized carbons (Fsp3) is 0.188. The summed E-state index contributed by atoms with van der Waals surface area (Å²) in [7, 11) is -0.522. The normalized spacial score (nSPS) is 11.2. The molecule has 0 fully saturated rings. The van der Waals surface area contributed by atoms with Gasteiger partial charge in [0.15, 0.2) is 11.5 Å². The van der Waals surface area contributed by atoms with Crippen LogP contribution in [-0.2, 0) is 10.0 Å². The van der Waals surface area contributed by atoms with E-state index in [0.717, 1.165) is 12.1 Å². The third-order valence-corrected chi connectivity index (χ3v) is 5.09. The molecule has 2 aromatic carbocycles. The Kier molecular flexibility index (Phi) is 6.81. The Morgan fingerprint density at radius 1 is 1.03 bits per heavy atom. The first-order valence-electron chi connectivity index (χ1n) is 8.07. The molecule has 15 heteroatoms. The first-order valence-corrected chi connectivity index (χ1v) is 9.55. The topological polar surface area (TPSA) is 193 Å². The number of non-ortho nitro benzene ring substituents is 1. The number of hydrogen-bond donors (Lipinski definition) is 2. The molecule has 0 atom stereocenters. The van der Waals surface area contributed by atoms with Crippen LogP contribution in [0.4, 0.5) is 11.4 Å². The van der Waals surface area contributed by atoms with Gasteiger partial charge in [-0.2, -0.15) is 18.4 Å². The molecule has 0 heterocycles. The lowest BCUT2D eigenvalue weighted by molar-refractivity contribution is -0.394. The van der Waals surface area contributed by atoms with Gasteiger partial charge in [-0.3, -0.25) is 20.2 Å². The fourth-order valence-corrected chi connectivity index (χ4v) is 3.43. The molecule has 0 saturated carbocycles. The number of hydrazone groups is 1. The maximum absolute atomic E-state index is 12.6. The Morgan fingerprint density at radius 3 is 2.19 bits per heavy atom. The zero-order valence-electron chi connectivity index (χ0n) is 16.3. The standard InChI is InChI=1S/C16H16N4O10S/c1-28-12-4-5-13(16(30-3)15(12)29-2)31(26,27)18-17-8-9-6-10(19(22)23)7-11(14(9)21)20(24)25/h4-8,18,21H,1-3H3. The predicted octanol–water partition coefficient (Wildman–Crippen LogP) is 1.55. The molecule has 0 amide bonds. The number of sulfonamides is 1.